The molecular weight excluding hydrogens is 350 g/mol. The largest absolute Gasteiger partial charge is 0.477 e. The third kappa shape index (κ3) is 4.72. The average molecular weight is 382 g/mol. The number of rotatable bonds is 7. The van der Waals surface area contributed by atoms with Gasteiger partial charge in [0.25, 0.3) is 0 Å². The molecule has 2 heterocycles. The number of nitrogens with zero attached hydrogens (tertiary/aromatic N) is 4. The molecule has 2 fully saturated rings. The molecule has 0 spiro atoms. The van der Waals surface area contributed by atoms with Crippen molar-refractivity contribution in [3.05, 3.63) is 24.5 Å². The summed E-state index contributed by atoms with van der Waals surface area (Å²) in [5.41, 5.74) is 1.88. The number of pyridine rings is 1. The second-order valence-corrected chi connectivity index (χ2v) is 8.57. The van der Waals surface area contributed by atoms with E-state index in [0.717, 1.165) is 29.5 Å². The highest BCUT2D eigenvalue weighted by molar-refractivity contribution is 5.68. The molecule has 2 saturated carbocycles. The van der Waals surface area contributed by atoms with Crippen LogP contribution >= 0.6 is 0 Å². The normalized spacial score (nSPS) is 22.0. The van der Waals surface area contributed by atoms with Gasteiger partial charge in [-0.3, -0.25) is 0 Å². The summed E-state index contributed by atoms with van der Waals surface area (Å²) in [6.45, 7) is 3.06. The number of nitrogens with one attached hydrogen (secondary N) is 1. The zero-order valence-electron chi connectivity index (χ0n) is 17.2. The second kappa shape index (κ2) is 8.33. The Morgan fingerprint density at radius 2 is 1.82 bits per heavy atom. The van der Waals surface area contributed by atoms with E-state index in [1.807, 2.05) is 37.5 Å². The first-order valence-electron chi connectivity index (χ1n) is 10.5. The molecule has 1 N–H and O–H groups in total. The number of hydrogen-bond donors (Lipinski definition) is 1. The van der Waals surface area contributed by atoms with E-state index in [1.165, 1.54) is 38.5 Å². The molecule has 28 heavy (non-hydrogen) atoms. The van der Waals surface area contributed by atoms with Gasteiger partial charge in [0, 0.05) is 38.1 Å². The zero-order valence-corrected chi connectivity index (χ0v) is 17.2. The van der Waals surface area contributed by atoms with Crippen molar-refractivity contribution >= 4 is 11.8 Å². The van der Waals surface area contributed by atoms with Crippen molar-refractivity contribution in [2.75, 3.05) is 30.9 Å². The predicted molar refractivity (Wildman–Crippen MR) is 113 cm³/mol. The average Bonchev–Trinajstić information content (AvgIpc) is 3.53. The maximum atomic E-state index is 6.11. The molecular formula is C22H31N5O. The molecule has 0 aliphatic heterocycles. The Hall–Kier alpha value is -2.37. The molecule has 0 bridgehead atoms. The quantitative estimate of drug-likeness (QED) is 0.768. The van der Waals surface area contributed by atoms with Crippen LogP contribution in [-0.2, 0) is 0 Å². The van der Waals surface area contributed by atoms with E-state index in [2.05, 4.69) is 28.3 Å². The SMILES string of the molecule is CN(C)c1ccc(-c2cnc(N[C@H]3CC[C@H](C)CC3)nc2OCC2CC2)cn1. The molecule has 0 aromatic carbocycles. The Kier molecular flexibility index (Phi) is 5.64. The molecule has 150 valence electrons. The van der Waals surface area contributed by atoms with Gasteiger partial charge in [-0.15, -0.1) is 0 Å². The van der Waals surface area contributed by atoms with Crippen LogP contribution in [0.4, 0.5) is 11.8 Å². The first-order valence-corrected chi connectivity index (χ1v) is 10.5. The van der Waals surface area contributed by atoms with Gasteiger partial charge in [0.2, 0.25) is 11.8 Å². The van der Waals surface area contributed by atoms with Gasteiger partial charge in [-0.25, -0.2) is 9.97 Å². The summed E-state index contributed by atoms with van der Waals surface area (Å²) in [5.74, 6) is 3.76. The summed E-state index contributed by atoms with van der Waals surface area (Å²) in [7, 11) is 3.98. The van der Waals surface area contributed by atoms with E-state index in [1.54, 1.807) is 0 Å². The summed E-state index contributed by atoms with van der Waals surface area (Å²) >= 11 is 0. The van der Waals surface area contributed by atoms with E-state index >= 15 is 0 Å². The molecule has 2 aromatic heterocycles. The highest BCUT2D eigenvalue weighted by Crippen LogP contribution is 2.33. The standard InChI is InChI=1S/C22H31N5O/c1-15-4-9-18(10-5-15)25-22-24-13-19(21(26-22)28-14-16-6-7-16)17-8-11-20(23-12-17)27(2)3/h8,11-13,15-16,18H,4-7,9-10,14H2,1-3H3,(H,24,25,26)/t15-,18-. The van der Waals surface area contributed by atoms with Crippen LogP contribution in [0.1, 0.15) is 45.4 Å². The Balaban J connectivity index is 1.54. The van der Waals surface area contributed by atoms with Crippen molar-refractivity contribution in [3.63, 3.8) is 0 Å². The third-order valence-electron chi connectivity index (χ3n) is 5.77. The summed E-state index contributed by atoms with van der Waals surface area (Å²) in [6.07, 6.45) is 11.1. The smallest absolute Gasteiger partial charge is 0.226 e. The zero-order chi connectivity index (χ0) is 19.5. The first kappa shape index (κ1) is 19.0. The van der Waals surface area contributed by atoms with Crippen LogP contribution < -0.4 is 15.0 Å². The Labute approximate surface area is 167 Å². The van der Waals surface area contributed by atoms with Gasteiger partial charge < -0.3 is 15.0 Å². The van der Waals surface area contributed by atoms with Gasteiger partial charge in [-0.05, 0) is 62.5 Å². The molecule has 6 nitrogen and oxygen atoms in total. The van der Waals surface area contributed by atoms with E-state index in [-0.39, 0.29) is 0 Å². The van der Waals surface area contributed by atoms with Gasteiger partial charge in [0.05, 0.1) is 12.2 Å². The lowest BCUT2D eigenvalue weighted by Gasteiger charge is -2.27. The Bertz CT molecular complexity index is 780. The molecule has 0 amide bonds. The fourth-order valence-corrected chi connectivity index (χ4v) is 3.62. The van der Waals surface area contributed by atoms with Crippen LogP contribution in [0.15, 0.2) is 24.5 Å². The lowest BCUT2D eigenvalue weighted by Crippen LogP contribution is -2.26. The summed E-state index contributed by atoms with van der Waals surface area (Å²) in [6, 6.07) is 4.52. The molecule has 2 aliphatic rings. The second-order valence-electron chi connectivity index (χ2n) is 8.57. The maximum Gasteiger partial charge on any atom is 0.226 e. The van der Waals surface area contributed by atoms with E-state index in [0.29, 0.717) is 23.8 Å². The van der Waals surface area contributed by atoms with Gasteiger partial charge in [0.1, 0.15) is 5.82 Å². The van der Waals surface area contributed by atoms with E-state index in [4.69, 9.17) is 9.72 Å². The van der Waals surface area contributed by atoms with Crippen molar-refractivity contribution in [1.82, 2.24) is 15.0 Å². The van der Waals surface area contributed by atoms with Gasteiger partial charge in [-0.2, -0.15) is 4.98 Å². The topological polar surface area (TPSA) is 63.2 Å². The predicted octanol–water partition coefficient (Wildman–Crippen LogP) is 4.38. The molecule has 2 aromatic rings. The lowest BCUT2D eigenvalue weighted by molar-refractivity contribution is 0.289. The van der Waals surface area contributed by atoms with Crippen molar-refractivity contribution in [2.45, 2.75) is 51.5 Å². The van der Waals surface area contributed by atoms with E-state index in [9.17, 15) is 0 Å². The van der Waals surface area contributed by atoms with Gasteiger partial charge in [0.15, 0.2) is 0 Å². The monoisotopic (exact) mass is 381 g/mol. The third-order valence-corrected chi connectivity index (χ3v) is 5.77. The van der Waals surface area contributed by atoms with Crippen LogP contribution in [0, 0.1) is 11.8 Å². The first-order chi connectivity index (χ1) is 13.6. The molecule has 0 atom stereocenters. The number of anilines is 2. The molecule has 0 radical (unpaired) electrons. The number of ether oxygens (including phenoxy) is 1. The molecule has 0 unspecified atom stereocenters. The number of aromatic nitrogens is 3. The maximum absolute atomic E-state index is 6.11. The number of hydrogen-bond acceptors (Lipinski definition) is 6. The summed E-state index contributed by atoms with van der Waals surface area (Å²) in [4.78, 5) is 15.8. The van der Waals surface area contributed by atoms with Crippen LogP contribution in [0.25, 0.3) is 11.1 Å². The fraction of sp³-hybridized carbons (Fsp3) is 0.591. The van der Waals surface area contributed by atoms with Crippen LogP contribution in [0.3, 0.4) is 0 Å². The minimum absolute atomic E-state index is 0.458. The molecule has 6 heteroatoms. The van der Waals surface area contributed by atoms with E-state index < -0.39 is 0 Å². The molecule has 4 rings (SSSR count). The van der Waals surface area contributed by atoms with Gasteiger partial charge >= 0.3 is 0 Å². The van der Waals surface area contributed by atoms with Crippen molar-refractivity contribution in [1.29, 1.82) is 0 Å². The Morgan fingerprint density at radius 1 is 1.04 bits per heavy atom. The summed E-state index contributed by atoms with van der Waals surface area (Å²) < 4.78 is 6.11. The molecule has 2 aliphatic carbocycles. The van der Waals surface area contributed by atoms with Crippen LogP contribution in [-0.4, -0.2) is 41.7 Å². The fourth-order valence-electron chi connectivity index (χ4n) is 3.62. The highest BCUT2D eigenvalue weighted by atomic mass is 16.5. The minimum Gasteiger partial charge on any atom is -0.477 e. The van der Waals surface area contributed by atoms with Crippen molar-refractivity contribution in [2.24, 2.45) is 11.8 Å². The van der Waals surface area contributed by atoms with Crippen molar-refractivity contribution < 1.29 is 4.74 Å². The van der Waals surface area contributed by atoms with Gasteiger partial charge in [-0.1, -0.05) is 6.92 Å². The summed E-state index contributed by atoms with van der Waals surface area (Å²) in [5, 5.41) is 3.52. The van der Waals surface area contributed by atoms with Crippen LogP contribution in [0.2, 0.25) is 0 Å². The lowest BCUT2D eigenvalue weighted by atomic mass is 9.87. The van der Waals surface area contributed by atoms with Crippen LogP contribution in [0.5, 0.6) is 5.88 Å². The minimum atomic E-state index is 0.458. The highest BCUT2D eigenvalue weighted by Gasteiger charge is 2.24. The molecule has 0 saturated heterocycles. The Morgan fingerprint density at radius 3 is 2.46 bits per heavy atom. The van der Waals surface area contributed by atoms with Crippen molar-refractivity contribution in [3.8, 4) is 17.0 Å².